The average Bonchev–Trinajstić information content (AvgIpc) is 2.21. The first-order chi connectivity index (χ1) is 7.46. The molecule has 0 fully saturated rings. The zero-order valence-electron chi connectivity index (χ0n) is 8.83. The van der Waals surface area contributed by atoms with Crippen molar-refractivity contribution in [3.05, 3.63) is 28.2 Å². The normalized spacial score (nSPS) is 11.4. The minimum absolute atomic E-state index is 0.0745. The molecule has 1 N–H and O–H groups in total. The van der Waals surface area contributed by atoms with E-state index in [1.54, 1.807) is 18.2 Å². The first-order valence-corrected chi connectivity index (χ1v) is 7.31. The summed E-state index contributed by atoms with van der Waals surface area (Å²) in [5.41, 5.74) is 0.252. The fraction of sp³-hybridized carbons (Fsp3) is 0.400. The summed E-state index contributed by atoms with van der Waals surface area (Å²) in [4.78, 5) is 0. The summed E-state index contributed by atoms with van der Waals surface area (Å²) in [6.07, 6.45) is 1.43. The van der Waals surface area contributed by atoms with Crippen molar-refractivity contribution in [1.29, 1.82) is 0 Å². The van der Waals surface area contributed by atoms with Gasteiger partial charge >= 0.3 is 0 Å². The number of unbranched alkanes of at least 4 members (excludes halogenated alkanes) is 1. The summed E-state index contributed by atoms with van der Waals surface area (Å²) in [5, 5.41) is 0.597. The molecule has 0 saturated carbocycles. The lowest BCUT2D eigenvalue weighted by molar-refractivity contribution is 0.598. The van der Waals surface area contributed by atoms with Crippen LogP contribution < -0.4 is 4.72 Å². The predicted octanol–water partition coefficient (Wildman–Crippen LogP) is 3.54. The summed E-state index contributed by atoms with van der Waals surface area (Å²) in [7, 11) is -3.36. The van der Waals surface area contributed by atoms with Gasteiger partial charge in [-0.05, 0) is 18.6 Å². The lowest BCUT2D eigenvalue weighted by atomic mass is 10.3. The molecule has 16 heavy (non-hydrogen) atoms. The van der Waals surface area contributed by atoms with Crippen LogP contribution in [0.25, 0.3) is 0 Å². The second-order valence-electron chi connectivity index (χ2n) is 3.37. The van der Waals surface area contributed by atoms with Gasteiger partial charge in [-0.25, -0.2) is 8.42 Å². The van der Waals surface area contributed by atoms with Crippen molar-refractivity contribution in [3.8, 4) is 0 Å². The molecule has 0 amide bonds. The van der Waals surface area contributed by atoms with E-state index in [4.69, 9.17) is 23.2 Å². The minimum atomic E-state index is -3.36. The van der Waals surface area contributed by atoms with E-state index in [1.165, 1.54) is 0 Å². The van der Waals surface area contributed by atoms with E-state index in [0.29, 0.717) is 16.5 Å². The van der Waals surface area contributed by atoms with E-state index in [1.807, 2.05) is 6.92 Å². The second-order valence-corrected chi connectivity index (χ2v) is 6.03. The Morgan fingerprint density at radius 2 is 1.81 bits per heavy atom. The third-order valence-corrected chi connectivity index (χ3v) is 3.96. The largest absolute Gasteiger partial charge is 0.281 e. The quantitative estimate of drug-likeness (QED) is 0.897. The van der Waals surface area contributed by atoms with Gasteiger partial charge < -0.3 is 0 Å². The fourth-order valence-corrected chi connectivity index (χ4v) is 3.04. The zero-order valence-corrected chi connectivity index (χ0v) is 11.2. The molecule has 1 rings (SSSR count). The van der Waals surface area contributed by atoms with Gasteiger partial charge in [0.15, 0.2) is 0 Å². The standard InChI is InChI=1S/C10H13Cl2NO2S/c1-2-3-7-16(14,15)13-10-8(11)5-4-6-9(10)12/h4-6,13H,2-3,7H2,1H3. The first kappa shape index (κ1) is 13.6. The number of para-hydroxylation sites is 1. The van der Waals surface area contributed by atoms with Crippen molar-refractivity contribution in [3.63, 3.8) is 0 Å². The highest BCUT2D eigenvalue weighted by Gasteiger charge is 2.14. The van der Waals surface area contributed by atoms with E-state index in [0.717, 1.165) is 6.42 Å². The number of halogens is 2. The Bertz CT molecular complexity index is 440. The van der Waals surface area contributed by atoms with Gasteiger partial charge in [0.2, 0.25) is 10.0 Å². The van der Waals surface area contributed by atoms with Crippen LogP contribution in [0.3, 0.4) is 0 Å². The van der Waals surface area contributed by atoms with Gasteiger partial charge in [-0.3, -0.25) is 4.72 Å². The van der Waals surface area contributed by atoms with Gasteiger partial charge in [0.25, 0.3) is 0 Å². The minimum Gasteiger partial charge on any atom is -0.281 e. The lowest BCUT2D eigenvalue weighted by Crippen LogP contribution is -2.17. The van der Waals surface area contributed by atoms with Crippen LogP contribution in [0.4, 0.5) is 5.69 Å². The summed E-state index contributed by atoms with van der Waals surface area (Å²) >= 11 is 11.7. The molecule has 0 spiro atoms. The third-order valence-electron chi connectivity index (χ3n) is 1.99. The molecular formula is C10H13Cl2NO2S. The Balaban J connectivity index is 2.88. The number of hydrogen-bond acceptors (Lipinski definition) is 2. The molecule has 0 aliphatic rings. The van der Waals surface area contributed by atoms with Crippen molar-refractivity contribution >= 4 is 38.9 Å². The summed E-state index contributed by atoms with van der Waals surface area (Å²) < 4.78 is 25.7. The van der Waals surface area contributed by atoms with Gasteiger partial charge in [0.1, 0.15) is 0 Å². The molecule has 1 aromatic rings. The molecule has 0 aliphatic heterocycles. The van der Waals surface area contributed by atoms with Crippen molar-refractivity contribution < 1.29 is 8.42 Å². The number of benzene rings is 1. The molecule has 0 heterocycles. The highest BCUT2D eigenvalue weighted by Crippen LogP contribution is 2.30. The molecule has 1 aromatic carbocycles. The van der Waals surface area contributed by atoms with E-state index in [-0.39, 0.29) is 11.4 Å². The van der Waals surface area contributed by atoms with Crippen LogP contribution in [-0.2, 0) is 10.0 Å². The number of nitrogens with one attached hydrogen (secondary N) is 1. The highest BCUT2D eigenvalue weighted by atomic mass is 35.5. The fourth-order valence-electron chi connectivity index (χ4n) is 1.14. The Hall–Kier alpha value is -0.450. The second kappa shape index (κ2) is 5.75. The number of hydrogen-bond donors (Lipinski definition) is 1. The molecule has 0 saturated heterocycles. The average molecular weight is 282 g/mol. The molecule has 0 bridgehead atoms. The van der Waals surface area contributed by atoms with Crippen LogP contribution in [0, 0.1) is 0 Å². The molecule has 6 heteroatoms. The number of sulfonamides is 1. The predicted molar refractivity (Wildman–Crippen MR) is 68.8 cm³/mol. The Morgan fingerprint density at radius 3 is 2.31 bits per heavy atom. The maximum absolute atomic E-state index is 11.6. The van der Waals surface area contributed by atoms with Crippen LogP contribution in [-0.4, -0.2) is 14.2 Å². The molecular weight excluding hydrogens is 269 g/mol. The first-order valence-electron chi connectivity index (χ1n) is 4.91. The van der Waals surface area contributed by atoms with Crippen LogP contribution in [0.5, 0.6) is 0 Å². The number of anilines is 1. The smallest absolute Gasteiger partial charge is 0.232 e. The van der Waals surface area contributed by atoms with Gasteiger partial charge in [0.05, 0.1) is 21.5 Å². The van der Waals surface area contributed by atoms with Crippen LogP contribution in [0.15, 0.2) is 18.2 Å². The van der Waals surface area contributed by atoms with Gasteiger partial charge in [-0.15, -0.1) is 0 Å². The van der Waals surface area contributed by atoms with Gasteiger partial charge in [-0.2, -0.15) is 0 Å². The third kappa shape index (κ3) is 3.85. The van der Waals surface area contributed by atoms with Crippen molar-refractivity contribution in [2.45, 2.75) is 19.8 Å². The van der Waals surface area contributed by atoms with Crippen molar-refractivity contribution in [2.24, 2.45) is 0 Å². The molecule has 0 atom stereocenters. The number of rotatable bonds is 5. The van der Waals surface area contributed by atoms with Crippen molar-refractivity contribution in [1.82, 2.24) is 0 Å². The molecule has 0 aromatic heterocycles. The Morgan fingerprint density at radius 1 is 1.25 bits per heavy atom. The summed E-state index contributed by atoms with van der Waals surface area (Å²) in [5.74, 6) is 0.0745. The Kier molecular flexibility index (Phi) is 4.89. The summed E-state index contributed by atoms with van der Waals surface area (Å²) in [6.45, 7) is 1.93. The van der Waals surface area contributed by atoms with E-state index < -0.39 is 10.0 Å². The molecule has 0 unspecified atom stereocenters. The van der Waals surface area contributed by atoms with E-state index in [9.17, 15) is 8.42 Å². The topological polar surface area (TPSA) is 46.2 Å². The molecule has 3 nitrogen and oxygen atoms in total. The van der Waals surface area contributed by atoms with Crippen LogP contribution in [0.2, 0.25) is 10.0 Å². The highest BCUT2D eigenvalue weighted by molar-refractivity contribution is 7.92. The molecule has 0 radical (unpaired) electrons. The van der Waals surface area contributed by atoms with Gasteiger partial charge in [0, 0.05) is 0 Å². The van der Waals surface area contributed by atoms with Crippen LogP contribution in [0.1, 0.15) is 19.8 Å². The SMILES string of the molecule is CCCCS(=O)(=O)Nc1c(Cl)cccc1Cl. The van der Waals surface area contributed by atoms with E-state index >= 15 is 0 Å². The monoisotopic (exact) mass is 281 g/mol. The van der Waals surface area contributed by atoms with E-state index in [2.05, 4.69) is 4.72 Å². The molecule has 90 valence electrons. The van der Waals surface area contributed by atoms with Crippen molar-refractivity contribution in [2.75, 3.05) is 10.5 Å². The molecule has 0 aliphatic carbocycles. The zero-order chi connectivity index (χ0) is 12.2. The Labute approximate surface area is 106 Å². The van der Waals surface area contributed by atoms with Crippen LogP contribution >= 0.6 is 23.2 Å². The lowest BCUT2D eigenvalue weighted by Gasteiger charge is -2.10. The summed E-state index contributed by atoms with van der Waals surface area (Å²) in [6, 6.07) is 4.84. The van der Waals surface area contributed by atoms with Gasteiger partial charge in [-0.1, -0.05) is 42.6 Å². The maximum atomic E-state index is 11.6. The maximum Gasteiger partial charge on any atom is 0.232 e.